The molecule has 0 aliphatic rings. The van der Waals surface area contributed by atoms with Gasteiger partial charge in [-0.15, -0.1) is 0 Å². The molecule has 1 aromatic heterocycles. The maximum atomic E-state index is 12.9. The van der Waals surface area contributed by atoms with Gasteiger partial charge in [0.15, 0.2) is 5.76 Å². The molecule has 78 valence electrons. The van der Waals surface area contributed by atoms with Gasteiger partial charge in [-0.1, -0.05) is 5.16 Å². The summed E-state index contributed by atoms with van der Waals surface area (Å²) in [5.41, 5.74) is 6.70. The second-order valence-electron chi connectivity index (χ2n) is 3.06. The molecule has 0 fully saturated rings. The van der Waals surface area contributed by atoms with Crippen LogP contribution in [-0.2, 0) is 6.54 Å². The smallest absolute Gasteiger partial charge is 0.155 e. The molecule has 1 aromatic carbocycles. The first-order valence-corrected chi connectivity index (χ1v) is 4.44. The van der Waals surface area contributed by atoms with Crippen LogP contribution in [0.5, 0.6) is 0 Å². The predicted octanol–water partition coefficient (Wildman–Crippen LogP) is 2.01. The fraction of sp³-hybridized carbons (Fsp3) is 0.100. The van der Waals surface area contributed by atoms with Crippen molar-refractivity contribution in [3.8, 4) is 0 Å². The summed E-state index contributed by atoms with van der Waals surface area (Å²) in [6.45, 7) is 0.424. The van der Waals surface area contributed by atoms with Gasteiger partial charge in [0.1, 0.15) is 5.82 Å². The minimum Gasteiger partial charge on any atom is -0.397 e. The summed E-state index contributed by atoms with van der Waals surface area (Å²) in [4.78, 5) is 0. The van der Waals surface area contributed by atoms with Crippen LogP contribution in [0.1, 0.15) is 5.76 Å². The van der Waals surface area contributed by atoms with Crippen LogP contribution in [0.2, 0.25) is 0 Å². The van der Waals surface area contributed by atoms with Gasteiger partial charge in [-0.05, 0) is 18.2 Å². The molecule has 0 aliphatic heterocycles. The largest absolute Gasteiger partial charge is 0.397 e. The summed E-state index contributed by atoms with van der Waals surface area (Å²) in [5.74, 6) is 0.336. The number of benzene rings is 1. The molecule has 0 unspecified atom stereocenters. The van der Waals surface area contributed by atoms with Crippen LogP contribution in [0, 0.1) is 5.82 Å². The fourth-order valence-electron chi connectivity index (χ4n) is 1.20. The van der Waals surface area contributed by atoms with Crippen molar-refractivity contribution in [2.24, 2.45) is 0 Å². The van der Waals surface area contributed by atoms with E-state index in [2.05, 4.69) is 10.5 Å². The van der Waals surface area contributed by atoms with Crippen molar-refractivity contribution in [3.63, 3.8) is 0 Å². The van der Waals surface area contributed by atoms with Gasteiger partial charge in [0.25, 0.3) is 0 Å². The SMILES string of the molecule is Nc1ccc(F)cc1NCc1ccno1. The van der Waals surface area contributed by atoms with Gasteiger partial charge >= 0.3 is 0 Å². The molecule has 0 aliphatic carbocycles. The van der Waals surface area contributed by atoms with Gasteiger partial charge in [-0.2, -0.15) is 0 Å². The van der Waals surface area contributed by atoms with Crippen LogP contribution in [0.4, 0.5) is 15.8 Å². The number of nitrogen functional groups attached to an aromatic ring is 1. The van der Waals surface area contributed by atoms with Crippen molar-refractivity contribution in [2.45, 2.75) is 6.54 Å². The first kappa shape index (κ1) is 9.51. The highest BCUT2D eigenvalue weighted by Gasteiger charge is 2.02. The lowest BCUT2D eigenvalue weighted by Gasteiger charge is -2.07. The molecule has 0 atom stereocenters. The van der Waals surface area contributed by atoms with Crippen LogP contribution in [0.15, 0.2) is 35.0 Å². The highest BCUT2D eigenvalue weighted by molar-refractivity contribution is 5.65. The normalized spacial score (nSPS) is 10.2. The van der Waals surface area contributed by atoms with E-state index in [1.807, 2.05) is 0 Å². The van der Waals surface area contributed by atoms with Crippen molar-refractivity contribution in [3.05, 3.63) is 42.0 Å². The van der Waals surface area contributed by atoms with Crippen molar-refractivity contribution < 1.29 is 8.91 Å². The van der Waals surface area contributed by atoms with E-state index in [4.69, 9.17) is 10.3 Å². The standard InChI is InChI=1S/C10H10FN3O/c11-7-1-2-9(12)10(5-7)13-6-8-3-4-14-15-8/h1-5,13H,6,12H2. The molecule has 3 N–H and O–H groups in total. The molecule has 0 saturated heterocycles. The highest BCUT2D eigenvalue weighted by Crippen LogP contribution is 2.19. The lowest BCUT2D eigenvalue weighted by molar-refractivity contribution is 0.388. The first-order chi connectivity index (χ1) is 7.25. The summed E-state index contributed by atoms with van der Waals surface area (Å²) < 4.78 is 17.8. The molecule has 2 rings (SSSR count). The van der Waals surface area contributed by atoms with E-state index >= 15 is 0 Å². The van der Waals surface area contributed by atoms with E-state index in [0.29, 0.717) is 23.7 Å². The first-order valence-electron chi connectivity index (χ1n) is 4.44. The Kier molecular flexibility index (Phi) is 2.53. The number of halogens is 1. The topological polar surface area (TPSA) is 64.1 Å². The third-order valence-electron chi connectivity index (χ3n) is 1.96. The van der Waals surface area contributed by atoms with Crippen LogP contribution in [0.3, 0.4) is 0 Å². The Balaban J connectivity index is 2.07. The van der Waals surface area contributed by atoms with Crippen LogP contribution in [0.25, 0.3) is 0 Å². The monoisotopic (exact) mass is 207 g/mol. The molecular formula is C10H10FN3O. The second-order valence-corrected chi connectivity index (χ2v) is 3.06. The molecule has 0 amide bonds. The summed E-state index contributed by atoms with van der Waals surface area (Å²) >= 11 is 0. The van der Waals surface area contributed by atoms with Crippen molar-refractivity contribution >= 4 is 11.4 Å². The van der Waals surface area contributed by atoms with E-state index in [1.165, 1.54) is 18.2 Å². The third kappa shape index (κ3) is 2.25. The van der Waals surface area contributed by atoms with E-state index in [9.17, 15) is 4.39 Å². The molecule has 0 bridgehead atoms. The zero-order valence-corrected chi connectivity index (χ0v) is 7.90. The van der Waals surface area contributed by atoms with Crippen LogP contribution in [-0.4, -0.2) is 5.16 Å². The van der Waals surface area contributed by atoms with E-state index in [1.54, 1.807) is 12.3 Å². The highest BCUT2D eigenvalue weighted by atomic mass is 19.1. The third-order valence-corrected chi connectivity index (χ3v) is 1.96. The molecule has 15 heavy (non-hydrogen) atoms. The average Bonchev–Trinajstić information content (AvgIpc) is 2.72. The molecule has 0 saturated carbocycles. The zero-order chi connectivity index (χ0) is 10.7. The summed E-state index contributed by atoms with van der Waals surface area (Å²) in [7, 11) is 0. The van der Waals surface area contributed by atoms with E-state index < -0.39 is 0 Å². The fourth-order valence-corrected chi connectivity index (χ4v) is 1.20. The summed E-state index contributed by atoms with van der Waals surface area (Å²) in [6.07, 6.45) is 1.55. The number of nitrogens with two attached hydrogens (primary N) is 1. The van der Waals surface area contributed by atoms with Gasteiger partial charge < -0.3 is 15.6 Å². The predicted molar refractivity (Wildman–Crippen MR) is 54.6 cm³/mol. The molecule has 4 nitrogen and oxygen atoms in total. The van der Waals surface area contributed by atoms with E-state index in [-0.39, 0.29) is 5.82 Å². The average molecular weight is 207 g/mol. The van der Waals surface area contributed by atoms with Crippen molar-refractivity contribution in [1.82, 2.24) is 5.16 Å². The number of nitrogens with one attached hydrogen (secondary N) is 1. The van der Waals surface area contributed by atoms with Gasteiger partial charge in [-0.25, -0.2) is 4.39 Å². The summed E-state index contributed by atoms with van der Waals surface area (Å²) in [5, 5.41) is 6.51. The maximum absolute atomic E-state index is 12.9. The van der Waals surface area contributed by atoms with E-state index in [0.717, 1.165) is 0 Å². The zero-order valence-electron chi connectivity index (χ0n) is 7.90. The Bertz CT molecular complexity index is 442. The van der Waals surface area contributed by atoms with Crippen molar-refractivity contribution in [2.75, 3.05) is 11.1 Å². The quantitative estimate of drug-likeness (QED) is 0.755. The minimum atomic E-state index is -0.329. The van der Waals surface area contributed by atoms with Crippen LogP contribution >= 0.6 is 0 Å². The molecule has 0 spiro atoms. The number of nitrogens with zero attached hydrogens (tertiary/aromatic N) is 1. The lowest BCUT2D eigenvalue weighted by atomic mass is 10.2. The van der Waals surface area contributed by atoms with Crippen molar-refractivity contribution in [1.29, 1.82) is 0 Å². The number of anilines is 2. The molecular weight excluding hydrogens is 197 g/mol. The Hall–Kier alpha value is -2.04. The van der Waals surface area contributed by atoms with Gasteiger partial charge in [0.05, 0.1) is 24.1 Å². The Morgan fingerprint density at radius 1 is 1.40 bits per heavy atom. The molecule has 2 aromatic rings. The molecule has 1 heterocycles. The number of hydrogen-bond donors (Lipinski definition) is 2. The minimum absolute atomic E-state index is 0.329. The summed E-state index contributed by atoms with van der Waals surface area (Å²) in [6, 6.07) is 5.89. The molecule has 5 heteroatoms. The van der Waals surface area contributed by atoms with Gasteiger partial charge in [0.2, 0.25) is 0 Å². The Labute approximate surface area is 85.9 Å². The Morgan fingerprint density at radius 3 is 3.00 bits per heavy atom. The Morgan fingerprint density at radius 2 is 2.27 bits per heavy atom. The number of hydrogen-bond acceptors (Lipinski definition) is 4. The van der Waals surface area contributed by atoms with Gasteiger partial charge in [-0.3, -0.25) is 0 Å². The van der Waals surface area contributed by atoms with Crippen LogP contribution < -0.4 is 11.1 Å². The number of aromatic nitrogens is 1. The van der Waals surface area contributed by atoms with Gasteiger partial charge in [0, 0.05) is 6.07 Å². The molecule has 0 radical (unpaired) electrons. The lowest BCUT2D eigenvalue weighted by Crippen LogP contribution is -2.02. The number of rotatable bonds is 3. The maximum Gasteiger partial charge on any atom is 0.155 e. The second kappa shape index (κ2) is 4.00.